The summed E-state index contributed by atoms with van der Waals surface area (Å²) in [5, 5.41) is 0. The van der Waals surface area contributed by atoms with Crippen molar-refractivity contribution < 1.29 is 9.47 Å². The van der Waals surface area contributed by atoms with Gasteiger partial charge in [0.1, 0.15) is 12.4 Å². The summed E-state index contributed by atoms with van der Waals surface area (Å²) in [5.74, 6) is 0.883. The van der Waals surface area contributed by atoms with Gasteiger partial charge in [-0.2, -0.15) is 0 Å². The molecule has 2 rings (SSSR count). The number of methoxy groups -OCH3 is 1. The molecule has 3 heteroatoms. The number of nitrogens with zero attached hydrogens (tertiary/aromatic N) is 1. The van der Waals surface area contributed by atoms with Crippen LogP contribution >= 0.6 is 0 Å². The first-order valence-corrected chi connectivity index (χ1v) is 4.64. The molecule has 0 saturated heterocycles. The molecule has 0 aliphatic carbocycles. The third kappa shape index (κ3) is 1.93. The molecule has 1 aliphatic rings. The predicted octanol–water partition coefficient (Wildman–Crippen LogP) is 1.64. The zero-order valence-electron chi connectivity index (χ0n) is 8.19. The smallest absolute Gasteiger partial charge is 0.120 e. The van der Waals surface area contributed by atoms with Crippen molar-refractivity contribution in [3.05, 3.63) is 29.3 Å². The molecule has 0 bridgehead atoms. The van der Waals surface area contributed by atoms with Gasteiger partial charge in [-0.05, 0) is 17.7 Å². The summed E-state index contributed by atoms with van der Waals surface area (Å²) in [6.45, 7) is 2.01. The molecule has 0 unspecified atom stereocenters. The van der Waals surface area contributed by atoms with Gasteiger partial charge in [0.15, 0.2) is 0 Å². The molecule has 0 spiro atoms. The van der Waals surface area contributed by atoms with Crippen molar-refractivity contribution >= 4 is 6.21 Å². The van der Waals surface area contributed by atoms with Crippen LogP contribution in [-0.2, 0) is 11.3 Å². The van der Waals surface area contributed by atoms with Crippen LogP contribution in [0.2, 0.25) is 0 Å². The monoisotopic (exact) mass is 191 g/mol. The average Bonchev–Trinajstić information content (AvgIpc) is 2.65. The summed E-state index contributed by atoms with van der Waals surface area (Å²) >= 11 is 0. The fourth-order valence-corrected chi connectivity index (χ4v) is 1.41. The van der Waals surface area contributed by atoms with Crippen LogP contribution in [0.1, 0.15) is 11.1 Å². The van der Waals surface area contributed by atoms with E-state index in [0.29, 0.717) is 13.2 Å². The molecule has 0 radical (unpaired) electrons. The lowest BCUT2D eigenvalue weighted by molar-refractivity contribution is 0.146. The van der Waals surface area contributed by atoms with E-state index in [2.05, 4.69) is 11.1 Å². The van der Waals surface area contributed by atoms with Crippen LogP contribution in [0.25, 0.3) is 0 Å². The number of aliphatic imine (C=N–C) groups is 1. The van der Waals surface area contributed by atoms with Crippen molar-refractivity contribution in [3.63, 3.8) is 0 Å². The van der Waals surface area contributed by atoms with E-state index in [-0.39, 0.29) is 0 Å². The number of ether oxygens (including phenoxy) is 2. The van der Waals surface area contributed by atoms with Crippen molar-refractivity contribution in [3.8, 4) is 5.75 Å². The van der Waals surface area contributed by atoms with E-state index in [0.717, 1.165) is 12.3 Å². The Bertz CT molecular complexity index is 347. The Balaban J connectivity index is 2.01. The van der Waals surface area contributed by atoms with Gasteiger partial charge >= 0.3 is 0 Å². The largest absolute Gasteiger partial charge is 0.491 e. The van der Waals surface area contributed by atoms with E-state index in [1.54, 1.807) is 7.11 Å². The van der Waals surface area contributed by atoms with E-state index in [1.165, 1.54) is 11.1 Å². The van der Waals surface area contributed by atoms with Gasteiger partial charge in [-0.3, -0.25) is 4.99 Å². The second-order valence-electron chi connectivity index (χ2n) is 3.17. The highest BCUT2D eigenvalue weighted by Gasteiger charge is 2.06. The maximum absolute atomic E-state index is 5.48. The zero-order valence-corrected chi connectivity index (χ0v) is 8.19. The second kappa shape index (κ2) is 4.24. The minimum absolute atomic E-state index is 0.590. The lowest BCUT2D eigenvalue weighted by Gasteiger charge is -2.06. The number of fused-ring (bicyclic) bond motifs is 1. The Morgan fingerprint density at radius 3 is 3.14 bits per heavy atom. The Morgan fingerprint density at radius 2 is 2.29 bits per heavy atom. The van der Waals surface area contributed by atoms with E-state index < -0.39 is 0 Å². The number of hydrogen-bond acceptors (Lipinski definition) is 3. The topological polar surface area (TPSA) is 30.8 Å². The van der Waals surface area contributed by atoms with Gasteiger partial charge in [-0.1, -0.05) is 6.07 Å². The van der Waals surface area contributed by atoms with Gasteiger partial charge in [0.05, 0.1) is 13.2 Å². The van der Waals surface area contributed by atoms with Crippen LogP contribution in [0.5, 0.6) is 5.75 Å². The molecule has 1 aromatic carbocycles. The molecule has 0 saturated carbocycles. The summed E-state index contributed by atoms with van der Waals surface area (Å²) in [5.41, 5.74) is 2.43. The minimum atomic E-state index is 0.590. The van der Waals surface area contributed by atoms with Gasteiger partial charge in [-0.15, -0.1) is 0 Å². The fraction of sp³-hybridized carbons (Fsp3) is 0.364. The lowest BCUT2D eigenvalue weighted by Crippen LogP contribution is -2.04. The van der Waals surface area contributed by atoms with Gasteiger partial charge in [-0.25, -0.2) is 0 Å². The molecular formula is C11H13NO2. The summed E-state index contributed by atoms with van der Waals surface area (Å²) in [7, 11) is 1.67. The number of rotatable bonds is 4. The minimum Gasteiger partial charge on any atom is -0.491 e. The van der Waals surface area contributed by atoms with Crippen LogP contribution in [0.15, 0.2) is 23.2 Å². The normalized spacial score (nSPS) is 12.9. The SMILES string of the molecule is COCCOc1ccc2c(c1)C=NC2. The van der Waals surface area contributed by atoms with Gasteiger partial charge in [0, 0.05) is 18.9 Å². The molecular weight excluding hydrogens is 178 g/mol. The Morgan fingerprint density at radius 1 is 1.36 bits per heavy atom. The molecule has 74 valence electrons. The summed E-state index contributed by atoms with van der Waals surface area (Å²) in [6.07, 6.45) is 1.89. The molecule has 0 fully saturated rings. The first kappa shape index (κ1) is 9.21. The van der Waals surface area contributed by atoms with Crippen LogP contribution < -0.4 is 4.74 Å². The fourth-order valence-electron chi connectivity index (χ4n) is 1.41. The maximum atomic E-state index is 5.48. The van der Waals surface area contributed by atoms with Crippen molar-refractivity contribution in [2.45, 2.75) is 6.54 Å². The third-order valence-electron chi connectivity index (χ3n) is 2.17. The van der Waals surface area contributed by atoms with E-state index in [4.69, 9.17) is 9.47 Å². The van der Waals surface area contributed by atoms with Crippen LogP contribution in [0.4, 0.5) is 0 Å². The van der Waals surface area contributed by atoms with Gasteiger partial charge in [0.25, 0.3) is 0 Å². The highest BCUT2D eigenvalue weighted by molar-refractivity contribution is 5.84. The molecule has 0 amide bonds. The Labute approximate surface area is 83.4 Å². The molecule has 1 aliphatic heterocycles. The first-order chi connectivity index (χ1) is 6.90. The third-order valence-corrected chi connectivity index (χ3v) is 2.17. The summed E-state index contributed by atoms with van der Waals surface area (Å²) in [4.78, 5) is 4.18. The molecule has 3 nitrogen and oxygen atoms in total. The predicted molar refractivity (Wildman–Crippen MR) is 55.1 cm³/mol. The molecule has 0 atom stereocenters. The Hall–Kier alpha value is -1.35. The van der Waals surface area contributed by atoms with Crippen molar-refractivity contribution in [1.29, 1.82) is 0 Å². The lowest BCUT2D eigenvalue weighted by atomic mass is 10.1. The van der Waals surface area contributed by atoms with Gasteiger partial charge < -0.3 is 9.47 Å². The molecule has 1 heterocycles. The van der Waals surface area contributed by atoms with Crippen molar-refractivity contribution in [2.75, 3.05) is 20.3 Å². The van der Waals surface area contributed by atoms with E-state index in [1.807, 2.05) is 18.3 Å². The average molecular weight is 191 g/mol. The van der Waals surface area contributed by atoms with E-state index in [9.17, 15) is 0 Å². The molecule has 14 heavy (non-hydrogen) atoms. The molecule has 0 aromatic heterocycles. The van der Waals surface area contributed by atoms with Crippen LogP contribution in [0, 0.1) is 0 Å². The standard InChI is InChI=1S/C11H13NO2/c1-13-4-5-14-11-3-2-9-7-12-8-10(9)6-11/h2-3,6,8H,4-5,7H2,1H3. The van der Waals surface area contributed by atoms with Crippen LogP contribution in [-0.4, -0.2) is 26.5 Å². The van der Waals surface area contributed by atoms with Gasteiger partial charge in [0.2, 0.25) is 0 Å². The highest BCUT2D eigenvalue weighted by Crippen LogP contribution is 2.20. The second-order valence-corrected chi connectivity index (χ2v) is 3.17. The zero-order chi connectivity index (χ0) is 9.80. The number of benzene rings is 1. The van der Waals surface area contributed by atoms with Crippen LogP contribution in [0.3, 0.4) is 0 Å². The Kier molecular flexibility index (Phi) is 2.79. The summed E-state index contributed by atoms with van der Waals surface area (Å²) < 4.78 is 10.4. The summed E-state index contributed by atoms with van der Waals surface area (Å²) in [6, 6.07) is 6.05. The number of hydrogen-bond donors (Lipinski definition) is 0. The van der Waals surface area contributed by atoms with E-state index >= 15 is 0 Å². The van der Waals surface area contributed by atoms with Crippen molar-refractivity contribution in [2.24, 2.45) is 4.99 Å². The van der Waals surface area contributed by atoms with Crippen molar-refractivity contribution in [1.82, 2.24) is 0 Å². The molecule has 0 N–H and O–H groups in total. The molecule has 1 aromatic rings. The maximum Gasteiger partial charge on any atom is 0.120 e. The quantitative estimate of drug-likeness (QED) is 0.677. The highest BCUT2D eigenvalue weighted by atomic mass is 16.5. The first-order valence-electron chi connectivity index (χ1n) is 4.64.